The summed E-state index contributed by atoms with van der Waals surface area (Å²) in [6, 6.07) is 19.7. The molecule has 28 heavy (non-hydrogen) atoms. The average molecular weight is 394 g/mol. The summed E-state index contributed by atoms with van der Waals surface area (Å²) in [5.41, 5.74) is 3.75. The molecule has 0 aliphatic carbocycles. The summed E-state index contributed by atoms with van der Waals surface area (Å²) in [5.74, 6) is -0.0137. The molecule has 1 N–H and O–H groups in total. The minimum absolute atomic E-state index is 0.0137. The number of halogens is 1. The zero-order chi connectivity index (χ0) is 19.8. The first-order chi connectivity index (χ1) is 13.7. The maximum Gasteiger partial charge on any atom is 0.255 e. The Kier molecular flexibility index (Phi) is 7.04. The van der Waals surface area contributed by atoms with Crippen molar-refractivity contribution >= 4 is 23.2 Å². The molecule has 2 aromatic carbocycles. The number of pyridine rings is 1. The Morgan fingerprint density at radius 1 is 1.04 bits per heavy atom. The summed E-state index contributed by atoms with van der Waals surface area (Å²) in [6.45, 7) is 3.97. The molecule has 0 spiro atoms. The van der Waals surface area contributed by atoms with Crippen LogP contribution in [0.15, 0.2) is 73.1 Å². The molecule has 3 rings (SSSR count). The Morgan fingerprint density at radius 3 is 2.50 bits per heavy atom. The van der Waals surface area contributed by atoms with Crippen molar-refractivity contribution in [3.8, 4) is 0 Å². The van der Waals surface area contributed by atoms with Gasteiger partial charge in [-0.05, 0) is 42.7 Å². The molecule has 0 saturated carbocycles. The van der Waals surface area contributed by atoms with Gasteiger partial charge >= 0.3 is 0 Å². The smallest absolute Gasteiger partial charge is 0.255 e. The molecule has 0 radical (unpaired) electrons. The van der Waals surface area contributed by atoms with E-state index in [9.17, 15) is 4.79 Å². The van der Waals surface area contributed by atoms with E-state index in [2.05, 4.69) is 10.3 Å². The van der Waals surface area contributed by atoms with Crippen LogP contribution in [0.1, 0.15) is 28.4 Å². The van der Waals surface area contributed by atoms with Crippen molar-refractivity contribution in [2.75, 3.05) is 18.4 Å². The number of nitrogens with zero attached hydrogens (tertiary/aromatic N) is 2. The fourth-order valence-electron chi connectivity index (χ4n) is 2.97. The molecule has 0 aliphatic heterocycles. The van der Waals surface area contributed by atoms with E-state index in [1.54, 1.807) is 12.4 Å². The van der Waals surface area contributed by atoms with Crippen LogP contribution in [0.3, 0.4) is 0 Å². The van der Waals surface area contributed by atoms with Gasteiger partial charge in [0, 0.05) is 37.1 Å². The number of carbonyl (C=O) groups excluding carboxylic acids is 1. The second-order valence-corrected chi connectivity index (χ2v) is 7.01. The number of hydrogen-bond donors (Lipinski definition) is 1. The van der Waals surface area contributed by atoms with Gasteiger partial charge in [-0.15, -0.1) is 0 Å². The monoisotopic (exact) mass is 393 g/mol. The molecule has 0 aliphatic rings. The van der Waals surface area contributed by atoms with Crippen LogP contribution in [0.25, 0.3) is 0 Å². The van der Waals surface area contributed by atoms with Crippen molar-refractivity contribution in [3.63, 3.8) is 0 Å². The fraction of sp³-hybridized carbons (Fsp3) is 0.217. The molecular weight excluding hydrogens is 370 g/mol. The van der Waals surface area contributed by atoms with E-state index in [1.807, 2.05) is 72.5 Å². The predicted molar refractivity (Wildman–Crippen MR) is 115 cm³/mol. The highest BCUT2D eigenvalue weighted by atomic mass is 35.5. The molecule has 0 saturated heterocycles. The predicted octanol–water partition coefficient (Wildman–Crippen LogP) is 5.05. The summed E-state index contributed by atoms with van der Waals surface area (Å²) < 4.78 is 0. The van der Waals surface area contributed by atoms with Crippen molar-refractivity contribution in [2.24, 2.45) is 0 Å². The molecule has 1 amide bonds. The second kappa shape index (κ2) is 9.90. The van der Waals surface area contributed by atoms with Gasteiger partial charge in [0.15, 0.2) is 0 Å². The Labute approximate surface area is 171 Å². The number of amides is 1. The van der Waals surface area contributed by atoms with Gasteiger partial charge in [0.05, 0.1) is 11.3 Å². The quantitative estimate of drug-likeness (QED) is 0.582. The molecule has 1 heterocycles. The highest BCUT2D eigenvalue weighted by molar-refractivity contribution is 6.30. The van der Waals surface area contributed by atoms with Gasteiger partial charge in [-0.25, -0.2) is 0 Å². The summed E-state index contributed by atoms with van der Waals surface area (Å²) in [5, 5.41) is 4.08. The van der Waals surface area contributed by atoms with E-state index in [0.29, 0.717) is 18.7 Å². The number of aromatic nitrogens is 1. The number of carbonyl (C=O) groups is 1. The van der Waals surface area contributed by atoms with Gasteiger partial charge in [0.2, 0.25) is 0 Å². The van der Waals surface area contributed by atoms with E-state index in [-0.39, 0.29) is 5.91 Å². The molecule has 0 fully saturated rings. The van der Waals surface area contributed by atoms with Gasteiger partial charge in [0.25, 0.3) is 5.91 Å². The third-order valence-electron chi connectivity index (χ3n) is 4.53. The minimum Gasteiger partial charge on any atom is -0.383 e. The Morgan fingerprint density at radius 2 is 1.79 bits per heavy atom. The number of nitrogens with one attached hydrogen (secondary N) is 1. The SMILES string of the molecule is CCN(Cc1ccccc1)C(=O)c1cncc(NCCc2ccc(Cl)cc2)c1. The van der Waals surface area contributed by atoms with E-state index in [1.165, 1.54) is 5.56 Å². The fourth-order valence-corrected chi connectivity index (χ4v) is 3.10. The Bertz CT molecular complexity index is 897. The maximum absolute atomic E-state index is 12.9. The highest BCUT2D eigenvalue weighted by Gasteiger charge is 2.15. The van der Waals surface area contributed by atoms with E-state index in [0.717, 1.165) is 29.2 Å². The van der Waals surface area contributed by atoms with Crippen molar-refractivity contribution < 1.29 is 4.79 Å². The average Bonchev–Trinajstić information content (AvgIpc) is 2.74. The first-order valence-corrected chi connectivity index (χ1v) is 9.80. The lowest BCUT2D eigenvalue weighted by atomic mass is 10.1. The van der Waals surface area contributed by atoms with E-state index < -0.39 is 0 Å². The highest BCUT2D eigenvalue weighted by Crippen LogP contribution is 2.14. The zero-order valence-electron chi connectivity index (χ0n) is 15.9. The molecule has 0 unspecified atom stereocenters. The maximum atomic E-state index is 12.9. The van der Waals surface area contributed by atoms with Crippen LogP contribution in [0.5, 0.6) is 0 Å². The number of rotatable bonds is 8. The van der Waals surface area contributed by atoms with Crippen molar-refractivity contribution in [3.05, 3.63) is 94.8 Å². The summed E-state index contributed by atoms with van der Waals surface area (Å²) in [6.07, 6.45) is 4.23. The van der Waals surface area contributed by atoms with Gasteiger partial charge in [-0.3, -0.25) is 9.78 Å². The second-order valence-electron chi connectivity index (χ2n) is 6.57. The van der Waals surface area contributed by atoms with Gasteiger partial charge in [-0.2, -0.15) is 0 Å². The number of hydrogen-bond acceptors (Lipinski definition) is 3. The van der Waals surface area contributed by atoms with Crippen LogP contribution < -0.4 is 5.32 Å². The van der Waals surface area contributed by atoms with Gasteiger partial charge in [-0.1, -0.05) is 54.1 Å². The molecule has 1 aromatic heterocycles. The summed E-state index contributed by atoms with van der Waals surface area (Å²) in [4.78, 5) is 19.0. The van der Waals surface area contributed by atoms with Crippen molar-refractivity contribution in [2.45, 2.75) is 19.9 Å². The normalized spacial score (nSPS) is 10.5. The third-order valence-corrected chi connectivity index (χ3v) is 4.78. The first kappa shape index (κ1) is 19.9. The van der Waals surface area contributed by atoms with Crippen molar-refractivity contribution in [1.29, 1.82) is 0 Å². The molecule has 4 nitrogen and oxygen atoms in total. The molecule has 0 atom stereocenters. The van der Waals surface area contributed by atoms with Crippen LogP contribution in [0.4, 0.5) is 5.69 Å². The Balaban J connectivity index is 1.60. The lowest BCUT2D eigenvalue weighted by Gasteiger charge is -2.21. The molecule has 5 heteroatoms. The number of benzene rings is 2. The van der Waals surface area contributed by atoms with Crippen LogP contribution in [0.2, 0.25) is 5.02 Å². The summed E-state index contributed by atoms with van der Waals surface area (Å²) >= 11 is 5.92. The molecule has 0 bridgehead atoms. The lowest BCUT2D eigenvalue weighted by molar-refractivity contribution is 0.0752. The molecule has 3 aromatic rings. The standard InChI is InChI=1S/C23H24ClN3O/c1-2-27(17-19-6-4-3-5-7-19)23(28)20-14-22(16-25-15-20)26-13-12-18-8-10-21(24)11-9-18/h3-11,14-16,26H,2,12-13,17H2,1H3. The topological polar surface area (TPSA) is 45.2 Å². The third kappa shape index (κ3) is 5.57. The van der Waals surface area contributed by atoms with Gasteiger partial charge in [0.1, 0.15) is 0 Å². The van der Waals surface area contributed by atoms with Crippen LogP contribution in [-0.2, 0) is 13.0 Å². The first-order valence-electron chi connectivity index (χ1n) is 9.42. The largest absolute Gasteiger partial charge is 0.383 e. The lowest BCUT2D eigenvalue weighted by Crippen LogP contribution is -2.30. The van der Waals surface area contributed by atoms with Crippen LogP contribution >= 0.6 is 11.6 Å². The Hall–Kier alpha value is -2.85. The minimum atomic E-state index is -0.0137. The molecule has 144 valence electrons. The van der Waals surface area contributed by atoms with E-state index in [4.69, 9.17) is 11.6 Å². The number of anilines is 1. The van der Waals surface area contributed by atoms with Crippen LogP contribution in [0, 0.1) is 0 Å². The van der Waals surface area contributed by atoms with E-state index >= 15 is 0 Å². The van der Waals surface area contributed by atoms with Crippen molar-refractivity contribution in [1.82, 2.24) is 9.88 Å². The van der Waals surface area contributed by atoms with Gasteiger partial charge < -0.3 is 10.2 Å². The van der Waals surface area contributed by atoms with Crippen LogP contribution in [-0.4, -0.2) is 28.9 Å². The molecular formula is C23H24ClN3O. The zero-order valence-corrected chi connectivity index (χ0v) is 16.7. The summed E-state index contributed by atoms with van der Waals surface area (Å²) in [7, 11) is 0.